The molecule has 0 saturated heterocycles. The summed E-state index contributed by atoms with van der Waals surface area (Å²) in [6.45, 7) is 0. The highest BCUT2D eigenvalue weighted by Gasteiger charge is 2.41. The molecule has 1 aromatic carbocycles. The molecule has 3 heterocycles. The molecule has 36 heavy (non-hydrogen) atoms. The minimum absolute atomic E-state index is 0.354. The van der Waals surface area contributed by atoms with Crippen LogP contribution in [0.3, 0.4) is 0 Å². The van der Waals surface area contributed by atoms with Gasteiger partial charge in [0.15, 0.2) is 11.6 Å². The van der Waals surface area contributed by atoms with Crippen LogP contribution in [-0.2, 0) is 18.0 Å². The van der Waals surface area contributed by atoms with Gasteiger partial charge < -0.3 is 10.1 Å². The predicted molar refractivity (Wildman–Crippen MR) is 126 cm³/mol. The van der Waals surface area contributed by atoms with E-state index in [9.17, 15) is 17.6 Å². The number of alkyl halides is 3. The molecule has 4 aromatic rings. The van der Waals surface area contributed by atoms with Crippen molar-refractivity contribution in [1.82, 2.24) is 25.4 Å². The average molecular weight is 519 g/mol. The fraction of sp³-hybridized carbons (Fsp3) is 0.333. The van der Waals surface area contributed by atoms with Gasteiger partial charge in [-0.25, -0.2) is 9.37 Å². The molecular formula is C24H22F4N6OS. The molecular weight excluding hydrogens is 496 g/mol. The van der Waals surface area contributed by atoms with Crippen molar-refractivity contribution in [2.45, 2.75) is 49.8 Å². The third-order valence-corrected chi connectivity index (χ3v) is 7.29. The molecule has 0 amide bonds. The second-order valence-corrected chi connectivity index (χ2v) is 9.58. The number of H-pyrrole nitrogens is 1. The van der Waals surface area contributed by atoms with Crippen LogP contribution >= 0.6 is 11.3 Å². The van der Waals surface area contributed by atoms with Crippen molar-refractivity contribution >= 4 is 23.0 Å². The maximum Gasteiger partial charge on any atom is 0.419 e. The molecule has 12 heteroatoms. The van der Waals surface area contributed by atoms with Gasteiger partial charge in [-0.05, 0) is 49.9 Å². The van der Waals surface area contributed by atoms with E-state index in [0.29, 0.717) is 44.0 Å². The Labute approximate surface area is 208 Å². The second-order valence-electron chi connectivity index (χ2n) is 8.74. The number of benzene rings is 1. The van der Waals surface area contributed by atoms with E-state index in [1.165, 1.54) is 17.4 Å². The van der Waals surface area contributed by atoms with Crippen molar-refractivity contribution in [3.05, 3.63) is 76.3 Å². The van der Waals surface area contributed by atoms with Gasteiger partial charge in [-0.2, -0.15) is 18.3 Å². The quantitative estimate of drug-likeness (QED) is 0.289. The summed E-state index contributed by atoms with van der Waals surface area (Å²) >= 11 is 1.46. The lowest BCUT2D eigenvalue weighted by molar-refractivity contribution is -0.140. The molecule has 1 saturated carbocycles. The molecule has 7 nitrogen and oxygen atoms in total. The van der Waals surface area contributed by atoms with Crippen LogP contribution in [0.15, 0.2) is 54.2 Å². The molecule has 5 rings (SSSR count). The summed E-state index contributed by atoms with van der Waals surface area (Å²) in [4.78, 5) is 4.74. The molecule has 3 aromatic heterocycles. The Hall–Kier alpha value is -3.54. The van der Waals surface area contributed by atoms with Gasteiger partial charge in [0, 0.05) is 23.6 Å². The zero-order valence-electron chi connectivity index (χ0n) is 18.9. The van der Waals surface area contributed by atoms with Crippen molar-refractivity contribution in [2.24, 2.45) is 0 Å². The molecule has 0 radical (unpaired) electrons. The lowest BCUT2D eigenvalue weighted by atomic mass is 9.70. The van der Waals surface area contributed by atoms with E-state index in [-0.39, 0.29) is 11.2 Å². The number of hydrogen-bond acceptors (Lipinski definition) is 7. The number of hydrogen-bond donors (Lipinski definition) is 2. The first-order valence-electron chi connectivity index (χ1n) is 11.3. The van der Waals surface area contributed by atoms with Crippen LogP contribution in [0.4, 0.5) is 29.2 Å². The Morgan fingerprint density at radius 3 is 2.61 bits per heavy atom. The zero-order valence-corrected chi connectivity index (χ0v) is 19.7. The monoisotopic (exact) mass is 518 g/mol. The van der Waals surface area contributed by atoms with Crippen molar-refractivity contribution in [2.75, 3.05) is 5.32 Å². The highest BCUT2D eigenvalue weighted by molar-refractivity contribution is 7.09. The first-order valence-corrected chi connectivity index (χ1v) is 12.2. The fourth-order valence-electron chi connectivity index (χ4n) is 4.59. The summed E-state index contributed by atoms with van der Waals surface area (Å²) < 4.78 is 59.4. The van der Waals surface area contributed by atoms with Gasteiger partial charge in [-0.15, -0.1) is 21.5 Å². The van der Waals surface area contributed by atoms with Crippen molar-refractivity contribution in [3.63, 3.8) is 0 Å². The first kappa shape index (κ1) is 24.2. The third-order valence-electron chi connectivity index (χ3n) is 6.36. The standard InChI is InChI=1S/C24H22F4N6OS/c25-21-17(24(26,27)28)4-2-5-18(21)35-16-7-10-23(11-8-16,22-34-30-14-36-22)13-15-3-1-6-19(31-15)32-20-9-12-29-33-20/h1-6,9,12,14,16H,7-8,10-11,13H2,(H2,29,31,32,33). The number of pyridine rings is 1. The number of nitrogens with zero attached hydrogens (tertiary/aromatic N) is 4. The Kier molecular flexibility index (Phi) is 6.61. The maximum atomic E-state index is 14.5. The molecule has 0 unspecified atom stereocenters. The molecule has 0 spiro atoms. The van der Waals surface area contributed by atoms with Gasteiger partial charge in [0.05, 0.1) is 17.9 Å². The highest BCUT2D eigenvalue weighted by atomic mass is 32.1. The van der Waals surface area contributed by atoms with Crippen LogP contribution in [0.2, 0.25) is 0 Å². The summed E-state index contributed by atoms with van der Waals surface area (Å²) in [6, 6.07) is 10.6. The molecule has 1 aliphatic carbocycles. The number of nitrogens with one attached hydrogen (secondary N) is 2. The van der Waals surface area contributed by atoms with Gasteiger partial charge in [-0.3, -0.25) is 5.10 Å². The van der Waals surface area contributed by atoms with Gasteiger partial charge in [0.2, 0.25) is 0 Å². The number of halogens is 4. The average Bonchev–Trinajstić information content (AvgIpc) is 3.56. The first-order chi connectivity index (χ1) is 17.3. The Morgan fingerprint density at radius 2 is 1.92 bits per heavy atom. The Morgan fingerprint density at radius 1 is 1.11 bits per heavy atom. The topological polar surface area (TPSA) is 88.6 Å². The van der Waals surface area contributed by atoms with Crippen molar-refractivity contribution in [1.29, 1.82) is 0 Å². The van der Waals surface area contributed by atoms with Crippen molar-refractivity contribution < 1.29 is 22.3 Å². The second kappa shape index (κ2) is 9.84. The lowest BCUT2D eigenvalue weighted by Gasteiger charge is -2.38. The van der Waals surface area contributed by atoms with Gasteiger partial charge in [-0.1, -0.05) is 12.1 Å². The van der Waals surface area contributed by atoms with E-state index in [0.717, 1.165) is 22.6 Å². The summed E-state index contributed by atoms with van der Waals surface area (Å²) in [6.07, 6.45) is -0.598. The zero-order chi connectivity index (χ0) is 25.2. The summed E-state index contributed by atoms with van der Waals surface area (Å²) in [5, 5.41) is 19.2. The number of anilines is 2. The summed E-state index contributed by atoms with van der Waals surface area (Å²) in [5.41, 5.74) is 0.862. The lowest BCUT2D eigenvalue weighted by Crippen LogP contribution is -2.38. The molecule has 1 fully saturated rings. The van der Waals surface area contributed by atoms with Gasteiger partial charge >= 0.3 is 6.18 Å². The Balaban J connectivity index is 1.32. The molecule has 2 N–H and O–H groups in total. The molecule has 0 aliphatic heterocycles. The third kappa shape index (κ3) is 5.18. The number of aromatic amines is 1. The van der Waals surface area contributed by atoms with E-state index < -0.39 is 23.7 Å². The summed E-state index contributed by atoms with van der Waals surface area (Å²) in [5.74, 6) is -0.367. The smallest absolute Gasteiger partial charge is 0.419 e. The van der Waals surface area contributed by atoms with Crippen molar-refractivity contribution in [3.8, 4) is 5.75 Å². The Bertz CT molecular complexity index is 1290. The predicted octanol–water partition coefficient (Wildman–Crippen LogP) is 6.06. The minimum atomic E-state index is -4.78. The minimum Gasteiger partial charge on any atom is -0.487 e. The maximum absolute atomic E-state index is 14.5. The van der Waals surface area contributed by atoms with Crippen LogP contribution in [0.5, 0.6) is 5.75 Å². The number of ether oxygens (including phenoxy) is 1. The van der Waals surface area contributed by atoms with E-state index in [4.69, 9.17) is 9.72 Å². The van der Waals surface area contributed by atoms with Crippen LogP contribution in [-0.4, -0.2) is 31.5 Å². The summed E-state index contributed by atoms with van der Waals surface area (Å²) in [7, 11) is 0. The molecule has 1 aliphatic rings. The van der Waals surface area contributed by atoms with Gasteiger partial charge in [0.1, 0.15) is 22.2 Å². The van der Waals surface area contributed by atoms with Crippen LogP contribution in [0.1, 0.15) is 41.9 Å². The molecule has 188 valence electrons. The highest BCUT2D eigenvalue weighted by Crippen LogP contribution is 2.44. The van der Waals surface area contributed by atoms with E-state index in [1.54, 1.807) is 17.8 Å². The van der Waals surface area contributed by atoms with Crippen LogP contribution in [0, 0.1) is 5.82 Å². The largest absolute Gasteiger partial charge is 0.487 e. The number of rotatable bonds is 7. The normalized spacial score (nSPS) is 20.3. The fourth-order valence-corrected chi connectivity index (χ4v) is 5.40. The van der Waals surface area contributed by atoms with E-state index in [1.807, 2.05) is 18.2 Å². The van der Waals surface area contributed by atoms with Crippen LogP contribution < -0.4 is 10.1 Å². The van der Waals surface area contributed by atoms with Gasteiger partial charge in [0.25, 0.3) is 0 Å². The molecule has 0 bridgehead atoms. The van der Waals surface area contributed by atoms with Crippen LogP contribution in [0.25, 0.3) is 0 Å². The SMILES string of the molecule is Fc1c(OC2CCC(Cc3cccc(Nc4ccn[nH]4)n3)(c3nncs3)CC2)cccc1C(F)(F)F. The number of aromatic nitrogens is 5. The van der Waals surface area contributed by atoms with E-state index >= 15 is 0 Å². The van der Waals surface area contributed by atoms with E-state index in [2.05, 4.69) is 25.7 Å². The molecule has 0 atom stereocenters.